The first-order chi connectivity index (χ1) is 13.9. The lowest BCUT2D eigenvalue weighted by Gasteiger charge is -2.09. The van der Waals surface area contributed by atoms with Crippen molar-refractivity contribution in [2.75, 3.05) is 5.32 Å². The van der Waals surface area contributed by atoms with E-state index >= 15 is 0 Å². The molecule has 9 nitrogen and oxygen atoms in total. The number of nitrogens with zero attached hydrogens (tertiary/aromatic N) is 2. The van der Waals surface area contributed by atoms with Crippen LogP contribution < -0.4 is 10.5 Å². The number of hydrogen-bond acceptors (Lipinski definition) is 7. The maximum Gasteiger partial charge on any atom is 0.283 e. The van der Waals surface area contributed by atoms with E-state index in [0.717, 1.165) is 0 Å². The zero-order chi connectivity index (χ0) is 20.4. The maximum atomic E-state index is 12.6. The zero-order valence-corrected chi connectivity index (χ0v) is 15.6. The molecule has 2 aromatic heterocycles. The number of sulfonamides is 1. The predicted octanol–water partition coefficient (Wildman–Crippen LogP) is 2.90. The molecule has 0 aliphatic carbocycles. The topological polar surface area (TPSA) is 141 Å². The van der Waals surface area contributed by atoms with Gasteiger partial charge in [0.15, 0.2) is 5.76 Å². The van der Waals surface area contributed by atoms with Crippen LogP contribution in [0.3, 0.4) is 0 Å². The predicted molar refractivity (Wildman–Crippen MR) is 103 cm³/mol. The van der Waals surface area contributed by atoms with Crippen molar-refractivity contribution in [2.45, 2.75) is 4.90 Å². The zero-order valence-electron chi connectivity index (χ0n) is 14.8. The third-order valence-corrected chi connectivity index (χ3v) is 4.93. The van der Waals surface area contributed by atoms with E-state index in [9.17, 15) is 13.2 Å². The van der Waals surface area contributed by atoms with Crippen LogP contribution in [0.25, 0.3) is 23.1 Å². The molecule has 0 unspecified atom stereocenters. The molecule has 0 bridgehead atoms. The average molecular weight is 410 g/mol. The lowest BCUT2D eigenvalue weighted by molar-refractivity contribution is 0.102. The van der Waals surface area contributed by atoms with Crippen molar-refractivity contribution in [3.05, 3.63) is 72.5 Å². The Kier molecular flexibility index (Phi) is 4.71. The summed E-state index contributed by atoms with van der Waals surface area (Å²) in [4.78, 5) is 12.3. The second-order valence-corrected chi connectivity index (χ2v) is 7.50. The summed E-state index contributed by atoms with van der Waals surface area (Å²) in [5.41, 5.74) is 0.917. The summed E-state index contributed by atoms with van der Waals surface area (Å²) in [6.45, 7) is 0. The molecule has 146 valence electrons. The van der Waals surface area contributed by atoms with Gasteiger partial charge in [-0.15, -0.1) is 10.2 Å². The van der Waals surface area contributed by atoms with Gasteiger partial charge in [0, 0.05) is 11.3 Å². The van der Waals surface area contributed by atoms with Crippen molar-refractivity contribution in [3.8, 4) is 23.1 Å². The highest BCUT2D eigenvalue weighted by Gasteiger charge is 2.19. The molecule has 0 saturated carbocycles. The monoisotopic (exact) mass is 410 g/mol. The van der Waals surface area contributed by atoms with Crippen LogP contribution in [0, 0.1) is 0 Å². The Balaban J connectivity index is 1.60. The number of carbonyl (C=O) groups is 1. The lowest BCUT2D eigenvalue weighted by atomic mass is 10.1. The smallest absolute Gasteiger partial charge is 0.283 e. The Morgan fingerprint density at radius 3 is 2.52 bits per heavy atom. The Bertz CT molecular complexity index is 1280. The molecule has 2 heterocycles. The quantitative estimate of drug-likeness (QED) is 0.515. The van der Waals surface area contributed by atoms with Gasteiger partial charge >= 0.3 is 0 Å². The fourth-order valence-corrected chi connectivity index (χ4v) is 3.41. The number of benzene rings is 2. The first kappa shape index (κ1) is 18.6. The molecular formula is C19H14N4O5S. The van der Waals surface area contributed by atoms with Gasteiger partial charge in [0.1, 0.15) is 0 Å². The molecule has 0 radical (unpaired) electrons. The van der Waals surface area contributed by atoms with Crippen molar-refractivity contribution in [3.63, 3.8) is 0 Å². The molecule has 10 heteroatoms. The third-order valence-electron chi connectivity index (χ3n) is 3.96. The second kappa shape index (κ2) is 7.34. The molecule has 0 saturated heterocycles. The summed E-state index contributed by atoms with van der Waals surface area (Å²) >= 11 is 0. The molecule has 1 amide bonds. The maximum absolute atomic E-state index is 12.6. The van der Waals surface area contributed by atoms with Crippen LogP contribution in [0.2, 0.25) is 0 Å². The fourth-order valence-electron chi connectivity index (χ4n) is 2.67. The van der Waals surface area contributed by atoms with Crippen molar-refractivity contribution >= 4 is 21.6 Å². The molecule has 0 aliphatic rings. The minimum absolute atomic E-state index is 0.0571. The fraction of sp³-hybridized carbons (Fsp3) is 0. The minimum Gasteiger partial charge on any atom is -0.459 e. The van der Waals surface area contributed by atoms with E-state index < -0.39 is 15.9 Å². The number of primary sulfonamides is 1. The number of anilines is 1. The van der Waals surface area contributed by atoms with Crippen LogP contribution in [0.15, 0.2) is 80.7 Å². The first-order valence-electron chi connectivity index (χ1n) is 8.33. The van der Waals surface area contributed by atoms with Gasteiger partial charge in [-0.1, -0.05) is 18.2 Å². The van der Waals surface area contributed by atoms with Crippen molar-refractivity contribution in [1.29, 1.82) is 0 Å². The van der Waals surface area contributed by atoms with Crippen LogP contribution in [0.4, 0.5) is 5.69 Å². The molecule has 3 N–H and O–H groups in total. The Labute approximate surface area is 165 Å². The summed E-state index contributed by atoms with van der Waals surface area (Å²) in [5, 5.41) is 15.8. The number of nitrogens with one attached hydrogen (secondary N) is 1. The van der Waals surface area contributed by atoms with Crippen LogP contribution in [-0.2, 0) is 10.0 Å². The van der Waals surface area contributed by atoms with Gasteiger partial charge in [-0.2, -0.15) is 0 Å². The summed E-state index contributed by atoms with van der Waals surface area (Å²) in [6.07, 6.45) is 1.49. The van der Waals surface area contributed by atoms with E-state index in [2.05, 4.69) is 15.5 Å². The standard InChI is InChI=1S/C19H14N4O5S/c20-29(25,26)16-9-2-1-7-14(16)17(24)21-13-6-3-5-12(11-13)18-22-23-19(28-18)15-8-4-10-27-15/h1-11H,(H,21,24)(H2,20,25,26). The Morgan fingerprint density at radius 1 is 0.966 bits per heavy atom. The van der Waals surface area contributed by atoms with Gasteiger partial charge in [-0.25, -0.2) is 13.6 Å². The van der Waals surface area contributed by atoms with E-state index in [1.165, 1.54) is 24.5 Å². The van der Waals surface area contributed by atoms with Gasteiger partial charge in [-0.05, 0) is 42.5 Å². The third kappa shape index (κ3) is 3.93. The highest BCUT2D eigenvalue weighted by Crippen LogP contribution is 2.26. The van der Waals surface area contributed by atoms with Crippen LogP contribution in [-0.4, -0.2) is 24.5 Å². The van der Waals surface area contributed by atoms with E-state index in [0.29, 0.717) is 17.0 Å². The van der Waals surface area contributed by atoms with Crippen molar-refractivity contribution in [2.24, 2.45) is 5.14 Å². The number of amides is 1. The first-order valence-corrected chi connectivity index (χ1v) is 9.87. The SMILES string of the molecule is NS(=O)(=O)c1ccccc1C(=O)Nc1cccc(-c2nnc(-c3ccco3)o2)c1. The second-order valence-electron chi connectivity index (χ2n) is 5.97. The molecule has 0 spiro atoms. The van der Waals surface area contributed by atoms with Crippen LogP contribution in [0.1, 0.15) is 10.4 Å². The van der Waals surface area contributed by atoms with E-state index in [1.54, 1.807) is 42.5 Å². The molecule has 0 fully saturated rings. The highest BCUT2D eigenvalue weighted by molar-refractivity contribution is 7.89. The van der Waals surface area contributed by atoms with Gasteiger partial charge < -0.3 is 14.2 Å². The summed E-state index contributed by atoms with van der Waals surface area (Å²) in [5.74, 6) is 0.278. The number of aromatic nitrogens is 2. The van der Waals surface area contributed by atoms with E-state index in [-0.39, 0.29) is 22.2 Å². The number of carbonyl (C=O) groups excluding carboxylic acids is 1. The van der Waals surface area contributed by atoms with Crippen LogP contribution >= 0.6 is 0 Å². The number of rotatable bonds is 5. The van der Waals surface area contributed by atoms with Crippen molar-refractivity contribution < 1.29 is 22.0 Å². The Hall–Kier alpha value is -3.76. The van der Waals surface area contributed by atoms with Gasteiger partial charge in [0.2, 0.25) is 15.9 Å². The molecule has 4 aromatic rings. The van der Waals surface area contributed by atoms with E-state index in [4.69, 9.17) is 14.0 Å². The van der Waals surface area contributed by atoms with Gasteiger partial charge in [0.25, 0.3) is 11.8 Å². The lowest BCUT2D eigenvalue weighted by Crippen LogP contribution is -2.20. The van der Waals surface area contributed by atoms with Gasteiger partial charge in [0.05, 0.1) is 16.7 Å². The average Bonchev–Trinajstić information content (AvgIpc) is 3.39. The summed E-state index contributed by atoms with van der Waals surface area (Å²) in [6, 6.07) is 15.8. The summed E-state index contributed by atoms with van der Waals surface area (Å²) < 4.78 is 34.2. The highest BCUT2D eigenvalue weighted by atomic mass is 32.2. The minimum atomic E-state index is -4.04. The normalized spacial score (nSPS) is 11.3. The molecule has 2 aromatic carbocycles. The van der Waals surface area contributed by atoms with Gasteiger partial charge in [-0.3, -0.25) is 4.79 Å². The van der Waals surface area contributed by atoms with E-state index in [1.807, 2.05) is 0 Å². The molecule has 0 aliphatic heterocycles. The number of nitrogens with two attached hydrogens (primary N) is 1. The number of furan rings is 1. The molecule has 0 atom stereocenters. The van der Waals surface area contributed by atoms with Crippen molar-refractivity contribution in [1.82, 2.24) is 10.2 Å². The molecule has 29 heavy (non-hydrogen) atoms. The number of hydrogen-bond donors (Lipinski definition) is 2. The van der Waals surface area contributed by atoms with Crippen LogP contribution in [0.5, 0.6) is 0 Å². The Morgan fingerprint density at radius 2 is 1.76 bits per heavy atom. The summed E-state index contributed by atoms with van der Waals surface area (Å²) in [7, 11) is -4.04. The molecule has 4 rings (SSSR count). The molecular weight excluding hydrogens is 396 g/mol. The largest absolute Gasteiger partial charge is 0.459 e.